The van der Waals surface area contributed by atoms with Crippen LogP contribution in [0.2, 0.25) is 0 Å². The minimum atomic E-state index is -0.278. The predicted molar refractivity (Wildman–Crippen MR) is 166 cm³/mol. The van der Waals surface area contributed by atoms with Crippen LogP contribution >= 0.6 is 0 Å². The van der Waals surface area contributed by atoms with Crippen molar-refractivity contribution in [2.75, 3.05) is 7.11 Å². The number of para-hydroxylation sites is 1. The smallest absolute Gasteiger partial charge is 0.308 e. The lowest BCUT2D eigenvalue weighted by atomic mass is 9.98. The summed E-state index contributed by atoms with van der Waals surface area (Å²) in [7, 11) is 1.70. The van der Waals surface area contributed by atoms with Gasteiger partial charge in [-0.2, -0.15) is 0 Å². The molecule has 0 saturated heterocycles. The van der Waals surface area contributed by atoms with Crippen LogP contribution in [-0.4, -0.2) is 13.1 Å². The van der Waals surface area contributed by atoms with Gasteiger partial charge in [0, 0.05) is 6.92 Å². The molecule has 4 aromatic carbocycles. The van der Waals surface area contributed by atoms with Gasteiger partial charge >= 0.3 is 5.97 Å². The Balaban J connectivity index is 0.000000208. The Labute approximate surface area is 236 Å². The van der Waals surface area contributed by atoms with Crippen LogP contribution in [0, 0.1) is 12.8 Å². The first-order valence-electron chi connectivity index (χ1n) is 13.9. The van der Waals surface area contributed by atoms with Crippen LogP contribution in [0.4, 0.5) is 0 Å². The third kappa shape index (κ3) is 11.0. The molecule has 0 atom stereocenters. The molecule has 3 heteroatoms. The standard InChI is InChI=1S/C14H16O.C13H20.C9H10O2/c1-10(2)11-4-5-13-9-14(15-3)7-6-12(13)8-11;1-10(2)9-12-5-7-13(8-6-12)11(3)4;1-7-5-3-4-6-9(7)11-8(2)10/h4-10H,1-3H3;5-8,10-11H,9H2,1-4H3;3-6H,1-2H3. The SMILES string of the molecule is CC(=O)Oc1ccccc1C.CC(C)Cc1ccc(C(C)C)cc1.COc1ccc2cc(C(C)C)ccc2c1. The normalized spacial score (nSPS) is 10.6. The zero-order chi connectivity index (χ0) is 28.9. The maximum Gasteiger partial charge on any atom is 0.308 e. The lowest BCUT2D eigenvalue weighted by molar-refractivity contribution is -0.131. The van der Waals surface area contributed by atoms with E-state index in [1.807, 2.05) is 31.2 Å². The highest BCUT2D eigenvalue weighted by Gasteiger charge is 2.02. The van der Waals surface area contributed by atoms with Gasteiger partial charge in [-0.15, -0.1) is 0 Å². The molecule has 0 bridgehead atoms. The molecule has 0 amide bonds. The summed E-state index contributed by atoms with van der Waals surface area (Å²) in [6.45, 7) is 16.7. The van der Waals surface area contributed by atoms with E-state index in [0.29, 0.717) is 17.6 Å². The number of benzene rings is 4. The van der Waals surface area contributed by atoms with Crippen molar-refractivity contribution < 1.29 is 14.3 Å². The second-order valence-corrected chi connectivity index (χ2v) is 11.0. The number of hydrogen-bond acceptors (Lipinski definition) is 3. The van der Waals surface area contributed by atoms with Gasteiger partial charge in [0.05, 0.1) is 7.11 Å². The number of hydrogen-bond donors (Lipinski definition) is 0. The third-order valence-corrected chi connectivity index (χ3v) is 6.38. The molecule has 3 nitrogen and oxygen atoms in total. The molecule has 0 spiro atoms. The summed E-state index contributed by atoms with van der Waals surface area (Å²) in [6, 6.07) is 29.2. The van der Waals surface area contributed by atoms with Crippen LogP contribution in [-0.2, 0) is 11.2 Å². The van der Waals surface area contributed by atoms with Crippen LogP contribution in [0.1, 0.15) is 82.6 Å². The molecule has 0 aliphatic rings. The van der Waals surface area contributed by atoms with Crippen LogP contribution in [0.25, 0.3) is 10.8 Å². The highest BCUT2D eigenvalue weighted by molar-refractivity contribution is 5.84. The number of esters is 1. The maximum atomic E-state index is 10.5. The van der Waals surface area contributed by atoms with Crippen molar-refractivity contribution in [3.63, 3.8) is 0 Å². The summed E-state index contributed by atoms with van der Waals surface area (Å²) in [6.07, 6.45) is 1.19. The van der Waals surface area contributed by atoms with Crippen LogP contribution < -0.4 is 9.47 Å². The minimum Gasteiger partial charge on any atom is -0.497 e. The fraction of sp³-hybridized carbons (Fsp3) is 0.361. The lowest BCUT2D eigenvalue weighted by Gasteiger charge is -2.08. The van der Waals surface area contributed by atoms with Crippen molar-refractivity contribution >= 4 is 16.7 Å². The van der Waals surface area contributed by atoms with Crippen LogP contribution in [0.15, 0.2) is 84.9 Å². The van der Waals surface area contributed by atoms with E-state index in [9.17, 15) is 4.79 Å². The molecule has 39 heavy (non-hydrogen) atoms. The summed E-state index contributed by atoms with van der Waals surface area (Å²) in [4.78, 5) is 10.5. The average molecular weight is 527 g/mol. The Hall–Kier alpha value is -3.59. The zero-order valence-corrected chi connectivity index (χ0v) is 25.2. The van der Waals surface area contributed by atoms with Gasteiger partial charge in [-0.05, 0) is 82.3 Å². The average Bonchev–Trinajstić information content (AvgIpc) is 2.90. The second-order valence-electron chi connectivity index (χ2n) is 11.0. The predicted octanol–water partition coefficient (Wildman–Crippen LogP) is 9.90. The number of carbonyl (C=O) groups is 1. The van der Waals surface area contributed by atoms with Crippen molar-refractivity contribution in [2.24, 2.45) is 5.92 Å². The molecular formula is C36H46O3. The number of aryl methyl sites for hydroxylation is 1. The molecule has 0 unspecified atom stereocenters. The van der Waals surface area contributed by atoms with E-state index >= 15 is 0 Å². The molecule has 208 valence electrons. The van der Waals surface area contributed by atoms with E-state index in [-0.39, 0.29) is 5.97 Å². The molecule has 0 radical (unpaired) electrons. The molecule has 0 N–H and O–H groups in total. The van der Waals surface area contributed by atoms with Crippen LogP contribution in [0.3, 0.4) is 0 Å². The molecular weight excluding hydrogens is 480 g/mol. The first-order valence-corrected chi connectivity index (χ1v) is 13.9. The number of ether oxygens (including phenoxy) is 2. The minimum absolute atomic E-state index is 0.278. The molecule has 4 rings (SSSR count). The lowest BCUT2D eigenvalue weighted by Crippen LogP contribution is -2.02. The highest BCUT2D eigenvalue weighted by Crippen LogP contribution is 2.24. The summed E-state index contributed by atoms with van der Waals surface area (Å²) < 4.78 is 10.1. The number of carbonyl (C=O) groups excluding carboxylic acids is 1. The topological polar surface area (TPSA) is 35.5 Å². The highest BCUT2D eigenvalue weighted by atomic mass is 16.5. The molecule has 0 aliphatic heterocycles. The Kier molecular flexibility index (Phi) is 12.8. The Morgan fingerprint density at radius 1 is 0.718 bits per heavy atom. The quantitative estimate of drug-likeness (QED) is 0.185. The third-order valence-electron chi connectivity index (χ3n) is 6.38. The molecule has 4 aromatic rings. The van der Waals surface area contributed by atoms with Gasteiger partial charge in [-0.25, -0.2) is 0 Å². The largest absolute Gasteiger partial charge is 0.497 e. The zero-order valence-electron chi connectivity index (χ0n) is 25.2. The Morgan fingerprint density at radius 3 is 1.82 bits per heavy atom. The molecule has 0 saturated carbocycles. The fourth-order valence-electron chi connectivity index (χ4n) is 4.06. The van der Waals surface area contributed by atoms with E-state index in [2.05, 4.69) is 96.1 Å². The van der Waals surface area contributed by atoms with Gasteiger partial charge in [-0.3, -0.25) is 4.79 Å². The van der Waals surface area contributed by atoms with E-state index < -0.39 is 0 Å². The van der Waals surface area contributed by atoms with Gasteiger partial charge in [0.1, 0.15) is 11.5 Å². The van der Waals surface area contributed by atoms with Gasteiger partial charge in [-0.1, -0.05) is 108 Å². The van der Waals surface area contributed by atoms with Crippen molar-refractivity contribution in [1.29, 1.82) is 0 Å². The summed E-state index contributed by atoms with van der Waals surface area (Å²) in [5, 5.41) is 2.51. The van der Waals surface area contributed by atoms with Gasteiger partial charge in [0.15, 0.2) is 0 Å². The first-order chi connectivity index (χ1) is 18.5. The summed E-state index contributed by atoms with van der Waals surface area (Å²) >= 11 is 0. The van der Waals surface area contributed by atoms with E-state index in [4.69, 9.17) is 9.47 Å². The summed E-state index contributed by atoms with van der Waals surface area (Å²) in [5.41, 5.74) is 5.25. The molecule has 0 aromatic heterocycles. The Morgan fingerprint density at radius 2 is 1.28 bits per heavy atom. The monoisotopic (exact) mass is 526 g/mol. The van der Waals surface area contributed by atoms with Gasteiger partial charge in [0.25, 0.3) is 0 Å². The Bertz CT molecular complexity index is 1300. The first kappa shape index (κ1) is 31.6. The van der Waals surface area contributed by atoms with E-state index in [0.717, 1.165) is 17.2 Å². The number of rotatable bonds is 6. The molecule has 0 fully saturated rings. The maximum absolute atomic E-state index is 10.5. The molecule has 0 heterocycles. The molecule has 0 aliphatic carbocycles. The van der Waals surface area contributed by atoms with Gasteiger partial charge < -0.3 is 9.47 Å². The van der Waals surface area contributed by atoms with Crippen molar-refractivity contribution in [1.82, 2.24) is 0 Å². The number of methoxy groups -OCH3 is 1. The van der Waals surface area contributed by atoms with Crippen molar-refractivity contribution in [3.8, 4) is 11.5 Å². The van der Waals surface area contributed by atoms with Crippen LogP contribution in [0.5, 0.6) is 11.5 Å². The summed E-state index contributed by atoms with van der Waals surface area (Å²) in [5.74, 6) is 3.26. The van der Waals surface area contributed by atoms with E-state index in [1.165, 1.54) is 40.8 Å². The number of fused-ring (bicyclic) bond motifs is 1. The fourth-order valence-corrected chi connectivity index (χ4v) is 4.06. The van der Waals surface area contributed by atoms with Gasteiger partial charge in [0.2, 0.25) is 0 Å². The van der Waals surface area contributed by atoms with E-state index in [1.54, 1.807) is 13.2 Å². The van der Waals surface area contributed by atoms with Crippen molar-refractivity contribution in [3.05, 3.63) is 107 Å². The second kappa shape index (κ2) is 15.7. The van der Waals surface area contributed by atoms with Crippen molar-refractivity contribution in [2.45, 2.75) is 73.6 Å².